The number of anilines is 1. The van der Waals surface area contributed by atoms with Crippen molar-refractivity contribution in [3.05, 3.63) is 28.7 Å². The fourth-order valence-electron chi connectivity index (χ4n) is 2.69. The molecule has 2 rings (SSSR count). The van der Waals surface area contributed by atoms with E-state index >= 15 is 0 Å². The number of methoxy groups -OCH3 is 1. The second kappa shape index (κ2) is 5.98. The van der Waals surface area contributed by atoms with Crippen LogP contribution < -0.4 is 5.32 Å². The number of carbonyl (C=O) groups excluding carboxylic acids is 1. The van der Waals surface area contributed by atoms with E-state index in [9.17, 15) is 4.79 Å². The van der Waals surface area contributed by atoms with Crippen molar-refractivity contribution in [3.8, 4) is 0 Å². The summed E-state index contributed by atoms with van der Waals surface area (Å²) in [6.45, 7) is 4.39. The molecule has 0 saturated carbocycles. The molecule has 20 heavy (non-hydrogen) atoms. The Morgan fingerprint density at radius 1 is 1.30 bits per heavy atom. The average molecular weight is 358 g/mol. The van der Waals surface area contributed by atoms with Crippen molar-refractivity contribution in [1.82, 2.24) is 0 Å². The number of benzene rings is 1. The van der Waals surface area contributed by atoms with Gasteiger partial charge in [-0.3, -0.25) is 0 Å². The van der Waals surface area contributed by atoms with E-state index in [1.54, 1.807) is 11.8 Å². The maximum absolute atomic E-state index is 12.3. The van der Waals surface area contributed by atoms with Crippen molar-refractivity contribution in [2.45, 2.75) is 25.8 Å². The van der Waals surface area contributed by atoms with Gasteiger partial charge in [0.1, 0.15) is 5.54 Å². The van der Waals surface area contributed by atoms with Crippen LogP contribution in [0.5, 0.6) is 0 Å². The van der Waals surface area contributed by atoms with Gasteiger partial charge in [-0.1, -0.05) is 29.8 Å². The number of ether oxygens (including phenoxy) is 1. The molecule has 5 heteroatoms. The highest BCUT2D eigenvalue weighted by atomic mass is 79.9. The minimum atomic E-state index is -0.644. The Morgan fingerprint density at radius 2 is 1.95 bits per heavy atom. The third-order valence-electron chi connectivity index (χ3n) is 3.43. The van der Waals surface area contributed by atoms with E-state index in [1.165, 1.54) is 7.11 Å². The summed E-state index contributed by atoms with van der Waals surface area (Å²) in [4.78, 5) is 12.3. The van der Waals surface area contributed by atoms with E-state index in [4.69, 9.17) is 4.74 Å². The van der Waals surface area contributed by atoms with E-state index in [-0.39, 0.29) is 11.4 Å². The normalized spacial score (nSPS) is 25.0. The van der Waals surface area contributed by atoms with E-state index in [0.29, 0.717) is 0 Å². The van der Waals surface area contributed by atoms with Gasteiger partial charge >= 0.3 is 5.97 Å². The van der Waals surface area contributed by atoms with Gasteiger partial charge in [-0.05, 0) is 41.9 Å². The van der Waals surface area contributed by atoms with Crippen molar-refractivity contribution in [2.75, 3.05) is 23.9 Å². The van der Waals surface area contributed by atoms with Gasteiger partial charge in [-0.25, -0.2) is 4.79 Å². The molecule has 0 radical (unpaired) electrons. The Bertz CT molecular complexity index is 489. The van der Waals surface area contributed by atoms with Gasteiger partial charge in [0.2, 0.25) is 0 Å². The number of carbonyl (C=O) groups is 1. The molecule has 1 fully saturated rings. The van der Waals surface area contributed by atoms with Crippen molar-refractivity contribution in [2.24, 2.45) is 5.41 Å². The summed E-state index contributed by atoms with van der Waals surface area (Å²) < 4.78 is 6.08. The van der Waals surface area contributed by atoms with Crippen LogP contribution in [0.25, 0.3) is 0 Å². The van der Waals surface area contributed by atoms with Crippen molar-refractivity contribution in [1.29, 1.82) is 0 Å². The van der Waals surface area contributed by atoms with Gasteiger partial charge in [-0.15, -0.1) is 0 Å². The Balaban J connectivity index is 2.28. The lowest BCUT2D eigenvalue weighted by atomic mass is 9.79. The number of thioether (sulfide) groups is 1. The largest absolute Gasteiger partial charge is 0.467 e. The fourth-order valence-corrected chi connectivity index (χ4v) is 4.35. The molecule has 1 heterocycles. The van der Waals surface area contributed by atoms with Gasteiger partial charge < -0.3 is 10.1 Å². The Morgan fingerprint density at radius 3 is 2.50 bits per heavy atom. The van der Waals surface area contributed by atoms with Crippen LogP contribution in [0, 0.1) is 5.41 Å². The molecule has 1 N–H and O–H groups in total. The van der Waals surface area contributed by atoms with Crippen LogP contribution in [0.1, 0.15) is 20.3 Å². The summed E-state index contributed by atoms with van der Waals surface area (Å²) in [6.07, 6.45) is 0.774. The number of esters is 1. The minimum Gasteiger partial charge on any atom is -0.467 e. The number of nitrogens with one attached hydrogen (secondary N) is 1. The van der Waals surface area contributed by atoms with E-state index in [0.717, 1.165) is 28.1 Å². The molecule has 0 aliphatic carbocycles. The molecule has 0 amide bonds. The molecule has 1 unspecified atom stereocenters. The SMILES string of the molecule is COC(=O)C1(Nc2ccc(Br)cc2)CSCC(C)(C)C1. The highest BCUT2D eigenvalue weighted by molar-refractivity contribution is 9.10. The lowest BCUT2D eigenvalue weighted by molar-refractivity contribution is -0.146. The Kier molecular flexibility index (Phi) is 4.69. The summed E-state index contributed by atoms with van der Waals surface area (Å²) >= 11 is 5.22. The Hall–Kier alpha value is -0.680. The molecule has 0 aromatic heterocycles. The first-order valence-corrected chi connectivity index (χ1v) is 8.52. The zero-order valence-corrected chi connectivity index (χ0v) is 14.4. The zero-order valence-electron chi connectivity index (χ0n) is 12.0. The second-order valence-corrected chi connectivity index (χ2v) is 7.94. The number of rotatable bonds is 3. The fraction of sp³-hybridized carbons (Fsp3) is 0.533. The second-order valence-electron chi connectivity index (χ2n) is 6.04. The lowest BCUT2D eigenvalue weighted by Crippen LogP contribution is -2.55. The van der Waals surface area contributed by atoms with E-state index in [2.05, 4.69) is 35.1 Å². The monoisotopic (exact) mass is 357 g/mol. The van der Waals surface area contributed by atoms with Crippen LogP contribution in [-0.4, -0.2) is 30.1 Å². The van der Waals surface area contributed by atoms with Gasteiger partial charge in [-0.2, -0.15) is 11.8 Å². The molecule has 3 nitrogen and oxygen atoms in total. The van der Waals surface area contributed by atoms with Crippen LogP contribution in [0.2, 0.25) is 0 Å². The van der Waals surface area contributed by atoms with Crippen molar-refractivity contribution >= 4 is 39.3 Å². The summed E-state index contributed by atoms with van der Waals surface area (Å²) in [5.74, 6) is 1.62. The summed E-state index contributed by atoms with van der Waals surface area (Å²) in [5, 5.41) is 3.41. The predicted octanol–water partition coefficient (Wildman–Crippen LogP) is 3.94. The molecule has 110 valence electrons. The van der Waals surface area contributed by atoms with Crippen LogP contribution in [0.3, 0.4) is 0 Å². The first-order chi connectivity index (χ1) is 9.37. The third-order valence-corrected chi connectivity index (χ3v) is 5.64. The first kappa shape index (κ1) is 15.7. The van der Waals surface area contributed by atoms with E-state index < -0.39 is 5.54 Å². The molecular formula is C15H20BrNO2S. The number of hydrogen-bond acceptors (Lipinski definition) is 4. The number of halogens is 1. The molecule has 1 aromatic carbocycles. The smallest absolute Gasteiger partial charge is 0.332 e. The molecule has 1 aliphatic rings. The lowest BCUT2D eigenvalue weighted by Gasteiger charge is -2.43. The van der Waals surface area contributed by atoms with Crippen LogP contribution in [0.15, 0.2) is 28.7 Å². The van der Waals surface area contributed by atoms with Crippen LogP contribution in [-0.2, 0) is 9.53 Å². The average Bonchev–Trinajstić information content (AvgIpc) is 2.39. The Labute approximate surface area is 133 Å². The summed E-state index contributed by atoms with van der Waals surface area (Å²) in [7, 11) is 1.46. The van der Waals surface area contributed by atoms with Crippen molar-refractivity contribution < 1.29 is 9.53 Å². The van der Waals surface area contributed by atoms with Gasteiger partial charge in [0, 0.05) is 15.9 Å². The van der Waals surface area contributed by atoms with Gasteiger partial charge in [0.05, 0.1) is 7.11 Å². The third kappa shape index (κ3) is 3.50. The van der Waals surface area contributed by atoms with Crippen LogP contribution in [0.4, 0.5) is 5.69 Å². The maximum Gasteiger partial charge on any atom is 0.332 e. The summed E-state index contributed by atoms with van der Waals surface area (Å²) in [6, 6.07) is 7.88. The molecule has 1 atom stereocenters. The molecular weight excluding hydrogens is 338 g/mol. The van der Waals surface area contributed by atoms with Gasteiger partial charge in [0.25, 0.3) is 0 Å². The highest BCUT2D eigenvalue weighted by Crippen LogP contribution is 2.41. The standard InChI is InChI=1S/C15H20BrNO2S/c1-14(2)8-15(10-20-9-14,13(18)19-3)17-12-6-4-11(16)5-7-12/h4-7,17H,8-10H2,1-3H3. The molecule has 1 saturated heterocycles. The molecule has 1 aromatic rings. The quantitative estimate of drug-likeness (QED) is 0.831. The molecule has 0 spiro atoms. The summed E-state index contributed by atoms with van der Waals surface area (Å²) in [5.41, 5.74) is 0.408. The van der Waals surface area contributed by atoms with Crippen LogP contribution >= 0.6 is 27.7 Å². The molecule has 0 bridgehead atoms. The molecule has 1 aliphatic heterocycles. The van der Waals surface area contributed by atoms with Crippen molar-refractivity contribution in [3.63, 3.8) is 0 Å². The highest BCUT2D eigenvalue weighted by Gasteiger charge is 2.47. The maximum atomic E-state index is 12.3. The van der Waals surface area contributed by atoms with Gasteiger partial charge in [0.15, 0.2) is 0 Å². The zero-order chi connectivity index (χ0) is 14.8. The first-order valence-electron chi connectivity index (χ1n) is 6.57. The number of hydrogen-bond donors (Lipinski definition) is 1. The topological polar surface area (TPSA) is 38.3 Å². The van der Waals surface area contributed by atoms with E-state index in [1.807, 2.05) is 24.3 Å². The predicted molar refractivity (Wildman–Crippen MR) is 88.2 cm³/mol. The minimum absolute atomic E-state index is 0.111.